The minimum Gasteiger partial charge on any atom is -0.460 e. The van der Waals surface area contributed by atoms with Crippen LogP contribution in [0.4, 0.5) is 0 Å². The van der Waals surface area contributed by atoms with Gasteiger partial charge in [-0.15, -0.1) is 0 Å². The van der Waals surface area contributed by atoms with E-state index in [0.29, 0.717) is 18.8 Å². The van der Waals surface area contributed by atoms with Gasteiger partial charge in [0.05, 0.1) is 6.61 Å². The Hall–Kier alpha value is -0.870. The standard InChI is InChI=1S/C12H22O4/c1-4-14-7-5-6-8-15-9-10-16-12(13)11(2)3/h2,4-10H2,1,3H3. The predicted molar refractivity (Wildman–Crippen MR) is 62.3 cm³/mol. The number of carbonyl (C=O) groups excluding carboxylic acids is 1. The Bertz CT molecular complexity index is 201. The summed E-state index contributed by atoms with van der Waals surface area (Å²) in [6.45, 7) is 10.0. The van der Waals surface area contributed by atoms with Gasteiger partial charge in [-0.1, -0.05) is 6.58 Å². The molecular weight excluding hydrogens is 208 g/mol. The van der Waals surface area contributed by atoms with Gasteiger partial charge in [0.25, 0.3) is 0 Å². The molecule has 0 aromatic heterocycles. The van der Waals surface area contributed by atoms with Gasteiger partial charge in [-0.2, -0.15) is 0 Å². The number of hydrogen-bond donors (Lipinski definition) is 0. The summed E-state index contributed by atoms with van der Waals surface area (Å²) in [6.07, 6.45) is 1.97. The third-order valence-electron chi connectivity index (χ3n) is 1.84. The molecule has 4 nitrogen and oxygen atoms in total. The quantitative estimate of drug-likeness (QED) is 0.327. The molecular formula is C12H22O4. The van der Waals surface area contributed by atoms with Crippen molar-refractivity contribution in [2.45, 2.75) is 26.7 Å². The van der Waals surface area contributed by atoms with Gasteiger partial charge in [-0.3, -0.25) is 0 Å². The molecule has 94 valence electrons. The summed E-state index contributed by atoms with van der Waals surface area (Å²) in [6, 6.07) is 0. The van der Waals surface area contributed by atoms with E-state index in [1.807, 2.05) is 6.92 Å². The summed E-state index contributed by atoms with van der Waals surface area (Å²) in [5.41, 5.74) is 0.414. The molecule has 4 heteroatoms. The lowest BCUT2D eigenvalue weighted by Crippen LogP contribution is -2.11. The van der Waals surface area contributed by atoms with Crippen LogP contribution in [-0.4, -0.2) is 39.0 Å². The van der Waals surface area contributed by atoms with Crippen LogP contribution < -0.4 is 0 Å². The molecule has 0 bridgehead atoms. The molecule has 0 aliphatic rings. The van der Waals surface area contributed by atoms with Crippen LogP contribution in [0, 0.1) is 0 Å². The maximum Gasteiger partial charge on any atom is 0.333 e. The van der Waals surface area contributed by atoms with E-state index in [0.717, 1.165) is 26.1 Å². The number of unbranched alkanes of at least 4 members (excludes halogenated alkanes) is 1. The summed E-state index contributed by atoms with van der Waals surface area (Å²) in [5, 5.41) is 0. The smallest absolute Gasteiger partial charge is 0.333 e. The van der Waals surface area contributed by atoms with E-state index in [9.17, 15) is 4.79 Å². The highest BCUT2D eigenvalue weighted by Crippen LogP contribution is 1.94. The molecule has 0 saturated carbocycles. The van der Waals surface area contributed by atoms with Gasteiger partial charge < -0.3 is 14.2 Å². The topological polar surface area (TPSA) is 44.8 Å². The molecule has 0 atom stereocenters. The van der Waals surface area contributed by atoms with Crippen molar-refractivity contribution in [1.29, 1.82) is 0 Å². The lowest BCUT2D eigenvalue weighted by atomic mass is 10.3. The first-order chi connectivity index (χ1) is 7.68. The van der Waals surface area contributed by atoms with Crippen molar-refractivity contribution in [2.75, 3.05) is 33.0 Å². The molecule has 0 unspecified atom stereocenters. The maximum atomic E-state index is 11.0. The molecule has 0 fully saturated rings. The van der Waals surface area contributed by atoms with Gasteiger partial charge in [0.15, 0.2) is 0 Å². The van der Waals surface area contributed by atoms with Crippen molar-refractivity contribution < 1.29 is 19.0 Å². The number of esters is 1. The first-order valence-electron chi connectivity index (χ1n) is 5.66. The average Bonchev–Trinajstić information content (AvgIpc) is 2.26. The van der Waals surface area contributed by atoms with E-state index in [2.05, 4.69) is 6.58 Å². The Labute approximate surface area is 97.6 Å². The molecule has 0 radical (unpaired) electrons. The highest BCUT2D eigenvalue weighted by Gasteiger charge is 2.01. The van der Waals surface area contributed by atoms with Gasteiger partial charge in [-0.25, -0.2) is 4.79 Å². The largest absolute Gasteiger partial charge is 0.460 e. The Morgan fingerprint density at radius 3 is 2.25 bits per heavy atom. The van der Waals surface area contributed by atoms with Gasteiger partial charge in [0.1, 0.15) is 6.61 Å². The summed E-state index contributed by atoms with van der Waals surface area (Å²) < 4.78 is 15.3. The molecule has 0 saturated heterocycles. The summed E-state index contributed by atoms with van der Waals surface area (Å²) in [5.74, 6) is -0.361. The Balaban J connectivity index is 3.10. The third kappa shape index (κ3) is 9.68. The number of ether oxygens (including phenoxy) is 3. The molecule has 0 aromatic rings. The van der Waals surface area contributed by atoms with E-state index in [1.165, 1.54) is 0 Å². The molecule has 0 amide bonds. The van der Waals surface area contributed by atoms with Gasteiger partial charge in [-0.05, 0) is 26.7 Å². The molecule has 0 heterocycles. The fourth-order valence-electron chi connectivity index (χ4n) is 0.971. The van der Waals surface area contributed by atoms with Crippen molar-refractivity contribution in [1.82, 2.24) is 0 Å². The average molecular weight is 230 g/mol. The zero-order chi connectivity index (χ0) is 12.2. The first-order valence-corrected chi connectivity index (χ1v) is 5.66. The SMILES string of the molecule is C=C(C)C(=O)OCCOCCCCOCC. The number of hydrogen-bond acceptors (Lipinski definition) is 4. The lowest BCUT2D eigenvalue weighted by Gasteiger charge is -2.05. The van der Waals surface area contributed by atoms with Crippen LogP contribution in [-0.2, 0) is 19.0 Å². The van der Waals surface area contributed by atoms with Gasteiger partial charge in [0.2, 0.25) is 0 Å². The lowest BCUT2D eigenvalue weighted by molar-refractivity contribution is -0.140. The van der Waals surface area contributed by atoms with Crippen LogP contribution in [0.1, 0.15) is 26.7 Å². The summed E-state index contributed by atoms with van der Waals surface area (Å²) in [4.78, 5) is 11.0. The molecule has 0 N–H and O–H groups in total. The second kappa shape index (κ2) is 10.6. The molecule has 0 rings (SSSR count). The van der Waals surface area contributed by atoms with E-state index in [-0.39, 0.29) is 12.6 Å². The van der Waals surface area contributed by atoms with Crippen LogP contribution in [0.3, 0.4) is 0 Å². The van der Waals surface area contributed by atoms with E-state index < -0.39 is 0 Å². The first kappa shape index (κ1) is 15.1. The monoisotopic (exact) mass is 230 g/mol. The minimum atomic E-state index is -0.361. The van der Waals surface area contributed by atoms with Crippen molar-refractivity contribution in [3.63, 3.8) is 0 Å². The third-order valence-corrected chi connectivity index (χ3v) is 1.84. The van der Waals surface area contributed by atoms with Crippen LogP contribution >= 0.6 is 0 Å². The highest BCUT2D eigenvalue weighted by atomic mass is 16.6. The van der Waals surface area contributed by atoms with Crippen molar-refractivity contribution in [2.24, 2.45) is 0 Å². The number of carbonyl (C=O) groups is 1. The zero-order valence-corrected chi connectivity index (χ0v) is 10.3. The second-order valence-electron chi connectivity index (χ2n) is 3.43. The van der Waals surface area contributed by atoms with E-state index in [1.54, 1.807) is 6.92 Å². The normalized spacial score (nSPS) is 10.1. The molecule has 0 aliphatic heterocycles. The minimum absolute atomic E-state index is 0.289. The summed E-state index contributed by atoms with van der Waals surface area (Å²) in [7, 11) is 0. The maximum absolute atomic E-state index is 11.0. The Morgan fingerprint density at radius 1 is 1.06 bits per heavy atom. The molecule has 16 heavy (non-hydrogen) atoms. The van der Waals surface area contributed by atoms with Crippen molar-refractivity contribution >= 4 is 5.97 Å². The van der Waals surface area contributed by atoms with E-state index in [4.69, 9.17) is 14.2 Å². The Morgan fingerprint density at radius 2 is 1.69 bits per heavy atom. The fourth-order valence-corrected chi connectivity index (χ4v) is 0.971. The summed E-state index contributed by atoms with van der Waals surface area (Å²) >= 11 is 0. The Kier molecular flexibility index (Phi) is 10.1. The van der Waals surface area contributed by atoms with Crippen molar-refractivity contribution in [3.8, 4) is 0 Å². The van der Waals surface area contributed by atoms with Crippen LogP contribution in [0.5, 0.6) is 0 Å². The number of rotatable bonds is 10. The molecule has 0 spiro atoms. The van der Waals surface area contributed by atoms with Gasteiger partial charge >= 0.3 is 5.97 Å². The van der Waals surface area contributed by atoms with Crippen LogP contribution in [0.25, 0.3) is 0 Å². The van der Waals surface area contributed by atoms with E-state index >= 15 is 0 Å². The fraction of sp³-hybridized carbons (Fsp3) is 0.750. The highest BCUT2D eigenvalue weighted by molar-refractivity contribution is 5.86. The van der Waals surface area contributed by atoms with Gasteiger partial charge in [0, 0.05) is 25.4 Å². The molecule has 0 aliphatic carbocycles. The predicted octanol–water partition coefficient (Wildman–Crippen LogP) is 1.94. The zero-order valence-electron chi connectivity index (χ0n) is 10.3. The van der Waals surface area contributed by atoms with Crippen LogP contribution in [0.2, 0.25) is 0 Å². The molecule has 0 aromatic carbocycles. The second-order valence-corrected chi connectivity index (χ2v) is 3.43. The van der Waals surface area contributed by atoms with Crippen LogP contribution in [0.15, 0.2) is 12.2 Å². The van der Waals surface area contributed by atoms with Crippen molar-refractivity contribution in [3.05, 3.63) is 12.2 Å².